The number of benzene rings is 1. The topological polar surface area (TPSA) is 9.23 Å². The van der Waals surface area contributed by atoms with E-state index >= 15 is 0 Å². The van der Waals surface area contributed by atoms with Gasteiger partial charge in [0.25, 0.3) is 0 Å². The van der Waals surface area contributed by atoms with Gasteiger partial charge in [0, 0.05) is 5.56 Å². The van der Waals surface area contributed by atoms with Gasteiger partial charge < -0.3 is 4.74 Å². The molecule has 0 bridgehead atoms. The lowest BCUT2D eigenvalue weighted by Gasteiger charge is -2.36. The first-order chi connectivity index (χ1) is 10.7. The Morgan fingerprint density at radius 2 is 1.91 bits per heavy atom. The zero-order valence-corrected chi connectivity index (χ0v) is 15.5. The fraction of sp³-hybridized carbons (Fsp3) is 0.545. The van der Waals surface area contributed by atoms with Gasteiger partial charge >= 0.3 is 0 Å². The van der Waals surface area contributed by atoms with E-state index in [1.54, 1.807) is 0 Å². The molecule has 0 spiro atoms. The highest BCUT2D eigenvalue weighted by Crippen LogP contribution is 2.45. The lowest BCUT2D eigenvalue weighted by molar-refractivity contribution is 0.158. The maximum absolute atomic E-state index is 6.17. The molecule has 124 valence electrons. The molecule has 1 atom stereocenters. The molecule has 0 aromatic heterocycles. The standard InChI is InChI=1S/C22H30O/c1-15-7-12-20-18(13-15)19(14-22(5,6)23-20)16-8-10-17(11-9-16)21(2,3)4/h7-8,12-14,17H,9-11H2,1-6H3. The van der Waals surface area contributed by atoms with E-state index in [0.29, 0.717) is 5.41 Å². The van der Waals surface area contributed by atoms with Crippen molar-refractivity contribution in [3.05, 3.63) is 47.1 Å². The van der Waals surface area contributed by atoms with Gasteiger partial charge in [0.2, 0.25) is 0 Å². The van der Waals surface area contributed by atoms with Gasteiger partial charge in [0.15, 0.2) is 0 Å². The number of rotatable bonds is 1. The molecule has 0 saturated heterocycles. The summed E-state index contributed by atoms with van der Waals surface area (Å²) in [7, 11) is 0. The maximum atomic E-state index is 6.17. The molecule has 1 heterocycles. The van der Waals surface area contributed by atoms with Crippen LogP contribution in [-0.2, 0) is 0 Å². The normalized spacial score (nSPS) is 23.5. The van der Waals surface area contributed by atoms with E-state index in [2.05, 4.69) is 71.9 Å². The Hall–Kier alpha value is -1.50. The van der Waals surface area contributed by atoms with Crippen molar-refractivity contribution < 1.29 is 4.74 Å². The Morgan fingerprint density at radius 3 is 2.52 bits per heavy atom. The largest absolute Gasteiger partial charge is 0.483 e. The summed E-state index contributed by atoms with van der Waals surface area (Å²) in [6.45, 7) is 13.6. The Kier molecular flexibility index (Phi) is 3.94. The highest BCUT2D eigenvalue weighted by atomic mass is 16.5. The molecule has 1 aromatic rings. The fourth-order valence-electron chi connectivity index (χ4n) is 3.81. The zero-order valence-electron chi connectivity index (χ0n) is 15.5. The molecule has 1 aliphatic heterocycles. The number of hydrogen-bond acceptors (Lipinski definition) is 1. The second-order valence-electron chi connectivity index (χ2n) is 8.83. The van der Waals surface area contributed by atoms with Crippen molar-refractivity contribution in [3.63, 3.8) is 0 Å². The summed E-state index contributed by atoms with van der Waals surface area (Å²) in [6.07, 6.45) is 8.46. The Bertz CT molecular complexity index is 668. The molecule has 1 aliphatic carbocycles. The van der Waals surface area contributed by atoms with Crippen molar-refractivity contribution in [2.75, 3.05) is 0 Å². The second-order valence-corrected chi connectivity index (χ2v) is 8.83. The van der Waals surface area contributed by atoms with E-state index in [1.165, 1.54) is 41.5 Å². The van der Waals surface area contributed by atoms with E-state index < -0.39 is 0 Å². The molecule has 0 N–H and O–H groups in total. The highest BCUT2D eigenvalue weighted by Gasteiger charge is 2.31. The van der Waals surface area contributed by atoms with E-state index in [4.69, 9.17) is 4.74 Å². The minimum Gasteiger partial charge on any atom is -0.483 e. The predicted molar refractivity (Wildman–Crippen MR) is 98.7 cm³/mol. The molecule has 23 heavy (non-hydrogen) atoms. The molecule has 1 unspecified atom stereocenters. The number of hydrogen-bond donors (Lipinski definition) is 0. The first-order valence-electron chi connectivity index (χ1n) is 8.88. The van der Waals surface area contributed by atoms with E-state index in [-0.39, 0.29) is 5.60 Å². The third-order valence-electron chi connectivity index (χ3n) is 5.27. The van der Waals surface area contributed by atoms with Crippen LogP contribution in [0.15, 0.2) is 35.9 Å². The summed E-state index contributed by atoms with van der Waals surface area (Å²) in [6, 6.07) is 6.54. The van der Waals surface area contributed by atoms with Crippen LogP contribution in [0.25, 0.3) is 5.57 Å². The minimum atomic E-state index is -0.237. The van der Waals surface area contributed by atoms with Gasteiger partial charge in [-0.1, -0.05) is 38.5 Å². The van der Waals surface area contributed by atoms with Gasteiger partial charge in [-0.05, 0) is 80.7 Å². The van der Waals surface area contributed by atoms with Gasteiger partial charge in [-0.3, -0.25) is 0 Å². The van der Waals surface area contributed by atoms with Gasteiger partial charge in [0.05, 0.1) is 0 Å². The zero-order chi connectivity index (χ0) is 16.8. The van der Waals surface area contributed by atoms with E-state index in [9.17, 15) is 0 Å². The summed E-state index contributed by atoms with van der Waals surface area (Å²) in [5.74, 6) is 1.81. The van der Waals surface area contributed by atoms with Crippen LogP contribution >= 0.6 is 0 Å². The maximum Gasteiger partial charge on any atom is 0.128 e. The van der Waals surface area contributed by atoms with Crippen LogP contribution in [0.1, 0.15) is 65.0 Å². The minimum absolute atomic E-state index is 0.237. The predicted octanol–water partition coefficient (Wildman–Crippen LogP) is 6.32. The third kappa shape index (κ3) is 3.39. The first-order valence-corrected chi connectivity index (χ1v) is 8.88. The fourth-order valence-corrected chi connectivity index (χ4v) is 3.81. The quantitative estimate of drug-likeness (QED) is 0.589. The van der Waals surface area contributed by atoms with Gasteiger partial charge in [-0.2, -0.15) is 0 Å². The average Bonchev–Trinajstić information content (AvgIpc) is 2.46. The van der Waals surface area contributed by atoms with E-state index in [0.717, 1.165) is 11.7 Å². The first kappa shape index (κ1) is 16.4. The summed E-state index contributed by atoms with van der Waals surface area (Å²) >= 11 is 0. The Morgan fingerprint density at radius 1 is 1.17 bits per heavy atom. The van der Waals surface area contributed by atoms with Crippen LogP contribution in [0.4, 0.5) is 0 Å². The van der Waals surface area contributed by atoms with Crippen LogP contribution in [0.5, 0.6) is 5.75 Å². The Balaban J connectivity index is 1.97. The van der Waals surface area contributed by atoms with Crippen LogP contribution in [0.2, 0.25) is 0 Å². The van der Waals surface area contributed by atoms with Gasteiger partial charge in [-0.25, -0.2) is 0 Å². The third-order valence-corrected chi connectivity index (χ3v) is 5.27. The van der Waals surface area contributed by atoms with Crippen LogP contribution in [-0.4, -0.2) is 5.60 Å². The molecule has 2 aliphatic rings. The molecule has 0 radical (unpaired) electrons. The smallest absolute Gasteiger partial charge is 0.128 e. The molecule has 0 fully saturated rings. The molecular formula is C22H30O. The van der Waals surface area contributed by atoms with Crippen molar-refractivity contribution in [1.29, 1.82) is 0 Å². The highest BCUT2D eigenvalue weighted by molar-refractivity contribution is 5.84. The second kappa shape index (κ2) is 5.54. The molecule has 1 aromatic carbocycles. The average molecular weight is 310 g/mol. The lowest BCUT2D eigenvalue weighted by Crippen LogP contribution is -2.30. The van der Waals surface area contributed by atoms with E-state index in [1.807, 2.05) is 0 Å². The van der Waals surface area contributed by atoms with Crippen LogP contribution < -0.4 is 4.74 Å². The molecule has 1 heteroatoms. The number of ether oxygens (including phenoxy) is 1. The van der Waals surface area contributed by atoms with Crippen molar-refractivity contribution in [3.8, 4) is 5.75 Å². The van der Waals surface area contributed by atoms with Gasteiger partial charge in [0.1, 0.15) is 11.4 Å². The molecule has 0 saturated carbocycles. The van der Waals surface area contributed by atoms with Crippen LogP contribution in [0.3, 0.4) is 0 Å². The van der Waals surface area contributed by atoms with Crippen molar-refractivity contribution in [2.24, 2.45) is 11.3 Å². The summed E-state index contributed by atoms with van der Waals surface area (Å²) in [5, 5.41) is 0. The number of allylic oxidation sites excluding steroid dienone is 3. The summed E-state index contributed by atoms with van der Waals surface area (Å²) in [4.78, 5) is 0. The Labute approximate surface area is 141 Å². The van der Waals surface area contributed by atoms with Crippen LogP contribution in [0, 0.1) is 18.3 Å². The molecular weight excluding hydrogens is 280 g/mol. The number of fused-ring (bicyclic) bond motifs is 1. The summed E-state index contributed by atoms with van der Waals surface area (Å²) in [5.41, 5.74) is 5.63. The van der Waals surface area contributed by atoms with Crippen molar-refractivity contribution in [2.45, 2.75) is 66.4 Å². The summed E-state index contributed by atoms with van der Waals surface area (Å²) < 4.78 is 6.17. The lowest BCUT2D eigenvalue weighted by atomic mass is 9.71. The monoisotopic (exact) mass is 310 g/mol. The number of aryl methyl sites for hydroxylation is 1. The molecule has 0 amide bonds. The molecule has 1 nitrogen and oxygen atoms in total. The van der Waals surface area contributed by atoms with Crippen molar-refractivity contribution >= 4 is 5.57 Å². The SMILES string of the molecule is Cc1ccc2c(c1)C(C1=CCC(C(C)(C)C)CC1)=CC(C)(C)O2. The molecule has 3 rings (SSSR count). The van der Waals surface area contributed by atoms with Crippen molar-refractivity contribution in [1.82, 2.24) is 0 Å². The van der Waals surface area contributed by atoms with Gasteiger partial charge in [-0.15, -0.1) is 0 Å².